The summed E-state index contributed by atoms with van der Waals surface area (Å²) < 4.78 is 0. The molecule has 0 fully saturated rings. The third-order valence-electron chi connectivity index (χ3n) is 5.33. The minimum Gasteiger partial charge on any atom is -0.281 e. The van der Waals surface area contributed by atoms with Crippen molar-refractivity contribution in [3.8, 4) is 0 Å². The van der Waals surface area contributed by atoms with Gasteiger partial charge in [0.15, 0.2) is 0 Å². The van der Waals surface area contributed by atoms with E-state index in [-0.39, 0.29) is 16.4 Å². The lowest BCUT2D eigenvalue weighted by molar-refractivity contribution is -0.117. The fourth-order valence-corrected chi connectivity index (χ4v) is 4.18. The second-order valence-corrected chi connectivity index (χ2v) is 8.26. The zero-order valence-corrected chi connectivity index (χ0v) is 17.2. The first-order valence-corrected chi connectivity index (χ1v) is 10.9. The Kier molecular flexibility index (Phi) is 12.5. The molecule has 0 amide bonds. The van der Waals surface area contributed by atoms with E-state index in [1.807, 2.05) is 0 Å². The SMILES string of the molecule is CCCCCCC1C=CC(CCCCCCCC(=O)Cl)C(C(=O)Cl)C1. The summed E-state index contributed by atoms with van der Waals surface area (Å²) in [6.45, 7) is 2.23. The zero-order chi connectivity index (χ0) is 18.5. The van der Waals surface area contributed by atoms with Crippen molar-refractivity contribution in [2.45, 2.75) is 90.4 Å². The molecule has 1 aliphatic rings. The van der Waals surface area contributed by atoms with E-state index < -0.39 is 0 Å². The quantitative estimate of drug-likeness (QED) is 0.182. The van der Waals surface area contributed by atoms with Gasteiger partial charge in [0.25, 0.3) is 0 Å². The molecule has 0 spiro atoms. The molecule has 0 bridgehead atoms. The number of allylic oxidation sites excluding steroid dienone is 2. The molecule has 0 aromatic heterocycles. The molecule has 144 valence electrons. The maximum atomic E-state index is 11.9. The third-order valence-corrected chi connectivity index (χ3v) is 5.80. The van der Waals surface area contributed by atoms with Crippen LogP contribution in [0.1, 0.15) is 90.4 Å². The van der Waals surface area contributed by atoms with Gasteiger partial charge in [-0.15, -0.1) is 0 Å². The first-order valence-electron chi connectivity index (χ1n) is 10.1. The van der Waals surface area contributed by atoms with Crippen LogP contribution in [-0.4, -0.2) is 10.5 Å². The molecule has 0 heterocycles. The van der Waals surface area contributed by atoms with Crippen molar-refractivity contribution in [1.82, 2.24) is 0 Å². The Morgan fingerprint density at radius 3 is 2.20 bits per heavy atom. The number of hydrogen-bond donors (Lipinski definition) is 0. The highest BCUT2D eigenvalue weighted by Crippen LogP contribution is 2.35. The van der Waals surface area contributed by atoms with Crippen LogP contribution in [0.4, 0.5) is 0 Å². The van der Waals surface area contributed by atoms with Gasteiger partial charge in [-0.3, -0.25) is 9.59 Å². The maximum Gasteiger partial charge on any atom is 0.225 e. The van der Waals surface area contributed by atoms with Crippen molar-refractivity contribution in [2.24, 2.45) is 17.8 Å². The molecule has 0 saturated carbocycles. The number of halogens is 2. The molecule has 0 N–H and O–H groups in total. The highest BCUT2D eigenvalue weighted by Gasteiger charge is 2.30. The minimum atomic E-state index is -0.236. The molecule has 3 unspecified atom stereocenters. The van der Waals surface area contributed by atoms with Gasteiger partial charge in [-0.05, 0) is 60.7 Å². The average molecular weight is 389 g/mol. The summed E-state index contributed by atoms with van der Waals surface area (Å²) in [6, 6.07) is 0. The monoisotopic (exact) mass is 388 g/mol. The molecular weight excluding hydrogens is 355 g/mol. The van der Waals surface area contributed by atoms with Crippen molar-refractivity contribution in [3.63, 3.8) is 0 Å². The van der Waals surface area contributed by atoms with E-state index in [1.54, 1.807) is 0 Å². The highest BCUT2D eigenvalue weighted by molar-refractivity contribution is 6.64. The molecule has 25 heavy (non-hydrogen) atoms. The van der Waals surface area contributed by atoms with Gasteiger partial charge in [0, 0.05) is 12.3 Å². The predicted octanol–water partition coefficient (Wildman–Crippen LogP) is 7.03. The second kappa shape index (κ2) is 13.8. The van der Waals surface area contributed by atoms with Crippen LogP contribution in [0.15, 0.2) is 12.2 Å². The van der Waals surface area contributed by atoms with Crippen LogP contribution < -0.4 is 0 Å². The van der Waals surface area contributed by atoms with Gasteiger partial charge in [-0.2, -0.15) is 0 Å². The van der Waals surface area contributed by atoms with E-state index in [4.69, 9.17) is 23.2 Å². The number of hydrogen-bond acceptors (Lipinski definition) is 2. The minimum absolute atomic E-state index is 0.00304. The van der Waals surface area contributed by atoms with Crippen LogP contribution in [-0.2, 0) is 9.59 Å². The molecule has 2 nitrogen and oxygen atoms in total. The molecule has 0 aromatic carbocycles. The van der Waals surface area contributed by atoms with Gasteiger partial charge in [0.05, 0.1) is 0 Å². The van der Waals surface area contributed by atoms with Gasteiger partial charge in [-0.25, -0.2) is 0 Å². The van der Waals surface area contributed by atoms with Gasteiger partial charge in [0.1, 0.15) is 0 Å². The van der Waals surface area contributed by atoms with Crippen molar-refractivity contribution >= 4 is 33.7 Å². The summed E-state index contributed by atoms with van der Waals surface area (Å²) in [5.41, 5.74) is 0. The Balaban J connectivity index is 2.27. The van der Waals surface area contributed by atoms with Crippen molar-refractivity contribution in [2.75, 3.05) is 0 Å². The molecule has 4 heteroatoms. The lowest BCUT2D eigenvalue weighted by Crippen LogP contribution is -2.25. The summed E-state index contributed by atoms with van der Waals surface area (Å²) in [7, 11) is 0. The van der Waals surface area contributed by atoms with E-state index in [9.17, 15) is 9.59 Å². The van der Waals surface area contributed by atoms with E-state index >= 15 is 0 Å². The molecule has 0 saturated heterocycles. The first-order chi connectivity index (χ1) is 12.0. The highest BCUT2D eigenvalue weighted by atomic mass is 35.5. The lowest BCUT2D eigenvalue weighted by atomic mass is 9.76. The first kappa shape index (κ1) is 22.7. The van der Waals surface area contributed by atoms with Crippen LogP contribution in [0.25, 0.3) is 0 Å². The number of carbonyl (C=O) groups is 2. The topological polar surface area (TPSA) is 34.1 Å². The molecule has 0 aromatic rings. The van der Waals surface area contributed by atoms with E-state index in [0.29, 0.717) is 18.3 Å². The van der Waals surface area contributed by atoms with Crippen LogP contribution in [0.3, 0.4) is 0 Å². The molecule has 1 aliphatic carbocycles. The Morgan fingerprint density at radius 1 is 0.880 bits per heavy atom. The normalized spacial score (nSPS) is 22.9. The van der Waals surface area contributed by atoms with E-state index in [1.165, 1.54) is 32.1 Å². The maximum absolute atomic E-state index is 11.9. The van der Waals surface area contributed by atoms with Gasteiger partial charge in [-0.1, -0.05) is 70.4 Å². The summed E-state index contributed by atoms with van der Waals surface area (Å²) >= 11 is 11.2. The molecule has 0 aliphatic heterocycles. The lowest BCUT2D eigenvalue weighted by Gasteiger charge is -2.29. The Bertz CT molecular complexity index is 420. The largest absolute Gasteiger partial charge is 0.281 e. The number of carbonyl (C=O) groups excluding carboxylic acids is 2. The molecular formula is C21H34Cl2O2. The summed E-state index contributed by atoms with van der Waals surface area (Å²) in [5, 5.41) is -0.395. The fraction of sp³-hybridized carbons (Fsp3) is 0.810. The Morgan fingerprint density at radius 2 is 1.52 bits per heavy atom. The van der Waals surface area contributed by atoms with Crippen molar-refractivity contribution < 1.29 is 9.59 Å². The van der Waals surface area contributed by atoms with Gasteiger partial charge >= 0.3 is 0 Å². The Hall–Kier alpha value is -0.340. The van der Waals surface area contributed by atoms with Crippen LogP contribution in [0, 0.1) is 17.8 Å². The smallest absolute Gasteiger partial charge is 0.225 e. The zero-order valence-electron chi connectivity index (χ0n) is 15.7. The predicted molar refractivity (Wildman–Crippen MR) is 107 cm³/mol. The molecule has 1 rings (SSSR count). The van der Waals surface area contributed by atoms with Crippen LogP contribution >= 0.6 is 23.2 Å². The fourth-order valence-electron chi connectivity index (χ4n) is 3.79. The summed E-state index contributed by atoms with van der Waals surface area (Å²) in [4.78, 5) is 22.5. The molecule has 0 radical (unpaired) electrons. The summed E-state index contributed by atoms with van der Waals surface area (Å²) in [6.07, 6.45) is 18.6. The third kappa shape index (κ3) is 10.4. The van der Waals surface area contributed by atoms with Crippen LogP contribution in [0.5, 0.6) is 0 Å². The van der Waals surface area contributed by atoms with E-state index in [2.05, 4.69) is 19.1 Å². The van der Waals surface area contributed by atoms with Gasteiger partial charge < -0.3 is 0 Å². The van der Waals surface area contributed by atoms with Crippen molar-refractivity contribution in [1.29, 1.82) is 0 Å². The van der Waals surface area contributed by atoms with Crippen molar-refractivity contribution in [3.05, 3.63) is 12.2 Å². The summed E-state index contributed by atoms with van der Waals surface area (Å²) in [5.74, 6) is 0.826. The van der Waals surface area contributed by atoms with Gasteiger partial charge in [0.2, 0.25) is 10.5 Å². The number of rotatable bonds is 14. The Labute approximate surface area is 163 Å². The van der Waals surface area contributed by atoms with E-state index in [0.717, 1.165) is 44.9 Å². The van der Waals surface area contributed by atoms with Crippen LogP contribution in [0.2, 0.25) is 0 Å². The molecule has 3 atom stereocenters. The standard InChI is InChI=1S/C21H34Cl2O2/c1-2-3-4-8-11-17-14-15-18(19(16-17)21(23)25)12-9-6-5-7-10-13-20(22)24/h14-15,17-19H,2-13,16H2,1H3. The average Bonchev–Trinajstić information content (AvgIpc) is 2.58. The second-order valence-electron chi connectivity index (χ2n) is 7.47. The number of unbranched alkanes of at least 4 members (excludes halogenated alkanes) is 7.